The Labute approximate surface area is 170 Å². The first-order chi connectivity index (χ1) is 14.2. The molecule has 0 aliphatic carbocycles. The van der Waals surface area contributed by atoms with Crippen molar-refractivity contribution in [2.75, 3.05) is 23.7 Å². The van der Waals surface area contributed by atoms with Crippen LogP contribution in [0.5, 0.6) is 0 Å². The Morgan fingerprint density at radius 1 is 1.03 bits per heavy atom. The van der Waals surface area contributed by atoms with E-state index in [4.69, 9.17) is 0 Å². The number of benzene rings is 1. The van der Waals surface area contributed by atoms with Gasteiger partial charge in [-0.2, -0.15) is 5.10 Å². The summed E-state index contributed by atoms with van der Waals surface area (Å²) in [6.45, 7) is 6.03. The lowest BCUT2D eigenvalue weighted by molar-refractivity contribution is 0.252. The predicted octanol–water partition coefficient (Wildman–Crippen LogP) is 3.24. The molecule has 2 heterocycles. The van der Waals surface area contributed by atoms with Gasteiger partial charge in [0.05, 0.1) is 11.4 Å². The number of nitrogens with one attached hydrogen (secondary N) is 3. The number of nitrogens with zero attached hydrogens (tertiary/aromatic N) is 4. The van der Waals surface area contributed by atoms with Crippen molar-refractivity contribution in [2.24, 2.45) is 0 Å². The number of hydrogen-bond donors (Lipinski definition) is 3. The number of rotatable bonds is 6. The summed E-state index contributed by atoms with van der Waals surface area (Å²) in [6.07, 6.45) is 0. The van der Waals surface area contributed by atoms with E-state index >= 15 is 0 Å². The Balaban J connectivity index is 1.55. The van der Waals surface area contributed by atoms with E-state index in [9.17, 15) is 18.0 Å². The maximum atomic E-state index is 13.6. The smallest absolute Gasteiger partial charge is 0.319 e. The molecule has 0 atom stereocenters. The van der Waals surface area contributed by atoms with Crippen LogP contribution in [-0.2, 0) is 0 Å². The SMILES string of the molecule is Cc1cc(C)n(-c2cc(NCCNC(=O)Nc3ccc(F)c(F)c3F)nc(C)n2)n1. The fraction of sp³-hybridized carbons (Fsp3) is 0.263. The highest BCUT2D eigenvalue weighted by atomic mass is 19.2. The number of carbonyl (C=O) groups excluding carboxylic acids is 1. The monoisotopic (exact) mass is 419 g/mol. The van der Waals surface area contributed by atoms with Gasteiger partial charge in [-0.25, -0.2) is 32.6 Å². The second-order valence-electron chi connectivity index (χ2n) is 6.53. The molecule has 3 N–H and O–H groups in total. The van der Waals surface area contributed by atoms with Crippen LogP contribution in [0.25, 0.3) is 5.82 Å². The molecule has 11 heteroatoms. The van der Waals surface area contributed by atoms with Crippen molar-refractivity contribution in [3.63, 3.8) is 0 Å². The number of aryl methyl sites for hydroxylation is 3. The lowest BCUT2D eigenvalue weighted by Crippen LogP contribution is -2.33. The summed E-state index contributed by atoms with van der Waals surface area (Å²) in [6, 6.07) is 4.57. The van der Waals surface area contributed by atoms with Crippen LogP contribution < -0.4 is 16.0 Å². The third kappa shape index (κ3) is 4.85. The zero-order valence-corrected chi connectivity index (χ0v) is 16.6. The van der Waals surface area contributed by atoms with Crippen molar-refractivity contribution < 1.29 is 18.0 Å². The largest absolute Gasteiger partial charge is 0.368 e. The third-order valence-electron chi connectivity index (χ3n) is 4.05. The van der Waals surface area contributed by atoms with E-state index in [2.05, 4.69) is 31.0 Å². The molecule has 8 nitrogen and oxygen atoms in total. The molecular weight excluding hydrogens is 399 g/mol. The van der Waals surface area contributed by atoms with Gasteiger partial charge in [0.1, 0.15) is 11.6 Å². The van der Waals surface area contributed by atoms with Crippen molar-refractivity contribution in [3.8, 4) is 5.82 Å². The van der Waals surface area contributed by atoms with Crippen molar-refractivity contribution in [1.29, 1.82) is 0 Å². The molecule has 0 saturated heterocycles. The van der Waals surface area contributed by atoms with Crippen LogP contribution in [0.15, 0.2) is 24.3 Å². The summed E-state index contributed by atoms with van der Waals surface area (Å²) in [7, 11) is 0. The first kappa shape index (κ1) is 21.1. The van der Waals surface area contributed by atoms with Gasteiger partial charge in [-0.3, -0.25) is 0 Å². The molecule has 30 heavy (non-hydrogen) atoms. The Morgan fingerprint density at radius 3 is 2.50 bits per heavy atom. The molecule has 3 rings (SSSR count). The minimum Gasteiger partial charge on any atom is -0.368 e. The van der Waals surface area contributed by atoms with Crippen molar-refractivity contribution in [2.45, 2.75) is 20.8 Å². The molecule has 0 spiro atoms. The van der Waals surface area contributed by atoms with Crippen LogP contribution in [0.2, 0.25) is 0 Å². The fourth-order valence-electron chi connectivity index (χ4n) is 2.77. The number of carbonyl (C=O) groups is 1. The Bertz CT molecular complexity index is 1080. The minimum absolute atomic E-state index is 0.162. The second-order valence-corrected chi connectivity index (χ2v) is 6.53. The number of aromatic nitrogens is 4. The maximum absolute atomic E-state index is 13.6. The average molecular weight is 419 g/mol. The molecule has 0 radical (unpaired) electrons. The second kappa shape index (κ2) is 8.80. The maximum Gasteiger partial charge on any atom is 0.319 e. The van der Waals surface area contributed by atoms with Gasteiger partial charge in [0, 0.05) is 24.8 Å². The Kier molecular flexibility index (Phi) is 6.19. The number of anilines is 2. The van der Waals surface area contributed by atoms with Gasteiger partial charge in [-0.1, -0.05) is 0 Å². The first-order valence-electron chi connectivity index (χ1n) is 9.06. The van der Waals surface area contributed by atoms with Gasteiger partial charge in [-0.15, -0.1) is 0 Å². The molecule has 3 aromatic rings. The molecule has 1 aromatic carbocycles. The summed E-state index contributed by atoms with van der Waals surface area (Å²) in [5.74, 6) is -2.75. The van der Waals surface area contributed by atoms with Gasteiger partial charge in [0.2, 0.25) is 0 Å². The molecular formula is C19H20F3N7O. The van der Waals surface area contributed by atoms with Gasteiger partial charge in [0.25, 0.3) is 0 Å². The zero-order chi connectivity index (χ0) is 21.8. The standard InChI is InChI=1S/C19H20F3N7O/c1-10-8-11(2)29(28-10)16-9-15(25-12(3)26-16)23-6-7-24-19(30)27-14-5-4-13(20)17(21)18(14)22/h4-5,8-9H,6-7H2,1-3H3,(H,23,25,26)(H2,24,27,30). The van der Waals surface area contributed by atoms with E-state index in [0.717, 1.165) is 23.5 Å². The van der Waals surface area contributed by atoms with E-state index in [0.29, 0.717) is 24.0 Å². The van der Waals surface area contributed by atoms with Crippen molar-refractivity contribution in [1.82, 2.24) is 25.1 Å². The summed E-state index contributed by atoms with van der Waals surface area (Å²) in [5, 5.41) is 12.1. The van der Waals surface area contributed by atoms with Crippen molar-refractivity contribution >= 4 is 17.5 Å². The molecule has 158 valence electrons. The quantitative estimate of drug-likeness (QED) is 0.421. The molecule has 0 aliphatic heterocycles. The number of amides is 2. The van der Waals surface area contributed by atoms with Crippen LogP contribution in [0.1, 0.15) is 17.2 Å². The highest BCUT2D eigenvalue weighted by Gasteiger charge is 2.15. The van der Waals surface area contributed by atoms with Crippen LogP contribution in [0, 0.1) is 38.2 Å². The Morgan fingerprint density at radius 2 is 1.80 bits per heavy atom. The number of urea groups is 1. The third-order valence-corrected chi connectivity index (χ3v) is 4.05. The highest BCUT2D eigenvalue weighted by molar-refractivity contribution is 5.89. The Hall–Kier alpha value is -3.63. The molecule has 0 bridgehead atoms. The van der Waals surface area contributed by atoms with Gasteiger partial charge in [0.15, 0.2) is 23.3 Å². The molecule has 0 saturated carbocycles. The van der Waals surface area contributed by atoms with Crippen molar-refractivity contribution in [3.05, 3.63) is 58.9 Å². The first-order valence-corrected chi connectivity index (χ1v) is 9.06. The molecule has 0 fully saturated rings. The molecule has 0 unspecified atom stereocenters. The molecule has 0 aliphatic rings. The summed E-state index contributed by atoms with van der Waals surface area (Å²) >= 11 is 0. The average Bonchev–Trinajstić information content (AvgIpc) is 3.03. The topological polar surface area (TPSA) is 96.8 Å². The van der Waals surface area contributed by atoms with Gasteiger partial charge >= 0.3 is 6.03 Å². The summed E-state index contributed by atoms with van der Waals surface area (Å²) < 4.78 is 41.4. The van der Waals surface area contributed by atoms with Crippen LogP contribution >= 0.6 is 0 Å². The van der Waals surface area contributed by atoms with E-state index in [-0.39, 0.29) is 6.54 Å². The number of halogens is 3. The lowest BCUT2D eigenvalue weighted by atomic mass is 10.3. The summed E-state index contributed by atoms with van der Waals surface area (Å²) in [4.78, 5) is 20.5. The van der Waals surface area contributed by atoms with Gasteiger partial charge < -0.3 is 16.0 Å². The van der Waals surface area contributed by atoms with Crippen LogP contribution in [0.4, 0.5) is 29.5 Å². The van der Waals surface area contributed by atoms with Crippen LogP contribution in [0.3, 0.4) is 0 Å². The normalized spacial score (nSPS) is 10.7. The van der Waals surface area contributed by atoms with Gasteiger partial charge in [-0.05, 0) is 39.0 Å². The minimum atomic E-state index is -1.65. The van der Waals surface area contributed by atoms with E-state index in [1.165, 1.54) is 0 Å². The van der Waals surface area contributed by atoms with E-state index in [1.807, 2.05) is 19.9 Å². The summed E-state index contributed by atoms with van der Waals surface area (Å²) in [5.41, 5.74) is 1.34. The molecule has 2 amide bonds. The van der Waals surface area contributed by atoms with E-state index in [1.54, 1.807) is 17.7 Å². The highest BCUT2D eigenvalue weighted by Crippen LogP contribution is 2.19. The lowest BCUT2D eigenvalue weighted by Gasteiger charge is -2.11. The predicted molar refractivity (Wildman–Crippen MR) is 105 cm³/mol. The van der Waals surface area contributed by atoms with Crippen LogP contribution in [-0.4, -0.2) is 38.9 Å². The van der Waals surface area contributed by atoms with E-state index < -0.39 is 29.2 Å². The fourth-order valence-corrected chi connectivity index (χ4v) is 2.77. The molecule has 2 aromatic heterocycles. The number of hydrogen-bond acceptors (Lipinski definition) is 5. The zero-order valence-electron chi connectivity index (χ0n) is 16.6.